The predicted molar refractivity (Wildman–Crippen MR) is 67.5 cm³/mol. The molecule has 0 heterocycles. The SMILES string of the molecule is CC1(Nc2cc(C(N)=O)ccc2[N+](=O)[O-])CCC1. The first-order valence-corrected chi connectivity index (χ1v) is 5.78. The average molecular weight is 249 g/mol. The van der Waals surface area contributed by atoms with Crippen LogP contribution in [0.5, 0.6) is 0 Å². The van der Waals surface area contributed by atoms with E-state index in [-0.39, 0.29) is 16.8 Å². The quantitative estimate of drug-likeness (QED) is 0.630. The van der Waals surface area contributed by atoms with E-state index in [1.165, 1.54) is 18.2 Å². The van der Waals surface area contributed by atoms with E-state index in [0.29, 0.717) is 5.69 Å². The van der Waals surface area contributed by atoms with Gasteiger partial charge in [0.05, 0.1) is 4.92 Å². The summed E-state index contributed by atoms with van der Waals surface area (Å²) in [7, 11) is 0. The van der Waals surface area contributed by atoms with Gasteiger partial charge in [-0.25, -0.2) is 0 Å². The Kier molecular flexibility index (Phi) is 2.94. The summed E-state index contributed by atoms with van der Waals surface area (Å²) < 4.78 is 0. The number of nitrogens with zero attached hydrogens (tertiary/aromatic N) is 1. The molecule has 1 aromatic carbocycles. The van der Waals surface area contributed by atoms with Crippen molar-refractivity contribution in [1.82, 2.24) is 0 Å². The molecule has 3 N–H and O–H groups in total. The fourth-order valence-corrected chi connectivity index (χ4v) is 2.11. The van der Waals surface area contributed by atoms with Crippen molar-refractivity contribution in [1.29, 1.82) is 0 Å². The second-order valence-electron chi connectivity index (χ2n) is 4.89. The molecule has 1 fully saturated rings. The fraction of sp³-hybridized carbons (Fsp3) is 0.417. The third kappa shape index (κ3) is 2.27. The first-order valence-electron chi connectivity index (χ1n) is 5.78. The Hall–Kier alpha value is -2.11. The number of rotatable bonds is 4. The van der Waals surface area contributed by atoms with E-state index >= 15 is 0 Å². The highest BCUT2D eigenvalue weighted by molar-refractivity contribution is 5.94. The van der Waals surface area contributed by atoms with Gasteiger partial charge in [-0.2, -0.15) is 0 Å². The zero-order valence-electron chi connectivity index (χ0n) is 10.1. The summed E-state index contributed by atoms with van der Waals surface area (Å²) in [5.41, 5.74) is 5.65. The second kappa shape index (κ2) is 4.29. The Morgan fingerprint density at radius 3 is 2.61 bits per heavy atom. The van der Waals surface area contributed by atoms with Crippen molar-refractivity contribution >= 4 is 17.3 Å². The van der Waals surface area contributed by atoms with E-state index < -0.39 is 10.8 Å². The zero-order chi connectivity index (χ0) is 13.3. The largest absolute Gasteiger partial charge is 0.374 e. The van der Waals surface area contributed by atoms with Crippen LogP contribution in [0.3, 0.4) is 0 Å². The van der Waals surface area contributed by atoms with Gasteiger partial charge < -0.3 is 11.1 Å². The van der Waals surface area contributed by atoms with Crippen molar-refractivity contribution in [3.05, 3.63) is 33.9 Å². The molecule has 6 nitrogen and oxygen atoms in total. The van der Waals surface area contributed by atoms with Gasteiger partial charge in [0.25, 0.3) is 5.69 Å². The number of hydrogen-bond acceptors (Lipinski definition) is 4. The Morgan fingerprint density at radius 2 is 2.17 bits per heavy atom. The van der Waals surface area contributed by atoms with Gasteiger partial charge in [-0.3, -0.25) is 14.9 Å². The summed E-state index contributed by atoms with van der Waals surface area (Å²) in [6, 6.07) is 4.13. The van der Waals surface area contributed by atoms with Crippen molar-refractivity contribution in [2.45, 2.75) is 31.7 Å². The lowest BCUT2D eigenvalue weighted by atomic mass is 9.78. The number of anilines is 1. The topological polar surface area (TPSA) is 98.3 Å². The van der Waals surface area contributed by atoms with Crippen molar-refractivity contribution < 1.29 is 9.72 Å². The Labute approximate surface area is 104 Å². The van der Waals surface area contributed by atoms with E-state index in [2.05, 4.69) is 5.32 Å². The van der Waals surface area contributed by atoms with Crippen LogP contribution in [0.4, 0.5) is 11.4 Å². The molecule has 0 aliphatic heterocycles. The Bertz CT molecular complexity index is 509. The van der Waals surface area contributed by atoms with Crippen LogP contribution < -0.4 is 11.1 Å². The lowest BCUT2D eigenvalue weighted by molar-refractivity contribution is -0.384. The molecular weight excluding hydrogens is 234 g/mol. The van der Waals surface area contributed by atoms with Gasteiger partial charge in [0.1, 0.15) is 5.69 Å². The van der Waals surface area contributed by atoms with Crippen molar-refractivity contribution in [3.63, 3.8) is 0 Å². The number of nitro benzene ring substituents is 1. The second-order valence-corrected chi connectivity index (χ2v) is 4.89. The molecule has 0 spiro atoms. The molecule has 1 aliphatic carbocycles. The molecule has 1 aromatic rings. The Morgan fingerprint density at radius 1 is 1.50 bits per heavy atom. The molecule has 6 heteroatoms. The van der Waals surface area contributed by atoms with E-state index in [4.69, 9.17) is 5.73 Å². The number of carbonyl (C=O) groups is 1. The van der Waals surface area contributed by atoms with Gasteiger partial charge in [-0.05, 0) is 38.3 Å². The lowest BCUT2D eigenvalue weighted by Gasteiger charge is -2.39. The number of nitrogens with one attached hydrogen (secondary N) is 1. The molecule has 18 heavy (non-hydrogen) atoms. The maximum absolute atomic E-state index is 11.1. The van der Waals surface area contributed by atoms with E-state index in [0.717, 1.165) is 19.3 Å². The smallest absolute Gasteiger partial charge is 0.292 e. The van der Waals surface area contributed by atoms with Crippen LogP contribution in [-0.4, -0.2) is 16.4 Å². The molecule has 0 radical (unpaired) electrons. The van der Waals surface area contributed by atoms with Gasteiger partial charge in [-0.1, -0.05) is 0 Å². The molecule has 96 valence electrons. The highest BCUT2D eigenvalue weighted by atomic mass is 16.6. The fourth-order valence-electron chi connectivity index (χ4n) is 2.11. The Balaban J connectivity index is 2.37. The van der Waals surface area contributed by atoms with E-state index in [9.17, 15) is 14.9 Å². The third-order valence-electron chi connectivity index (χ3n) is 3.37. The summed E-state index contributed by atoms with van der Waals surface area (Å²) in [5, 5.41) is 14.1. The highest BCUT2D eigenvalue weighted by Gasteiger charge is 2.33. The minimum Gasteiger partial charge on any atom is -0.374 e. The maximum atomic E-state index is 11.1. The number of primary amides is 1. The molecular formula is C12H15N3O3. The standard InChI is InChI=1S/C12H15N3O3/c1-12(5-2-6-12)14-9-7-8(11(13)16)3-4-10(9)15(17)18/h3-4,7,14H,2,5-6H2,1H3,(H2,13,16). The molecule has 2 rings (SSSR count). The normalized spacial score (nSPS) is 16.7. The van der Waals surface area contributed by atoms with Crippen LogP contribution in [0, 0.1) is 10.1 Å². The predicted octanol–water partition coefficient (Wildman–Crippen LogP) is 2.05. The van der Waals surface area contributed by atoms with Crippen molar-refractivity contribution in [2.24, 2.45) is 5.73 Å². The molecule has 0 aromatic heterocycles. The molecule has 1 amide bonds. The van der Waals surface area contributed by atoms with E-state index in [1.807, 2.05) is 6.92 Å². The van der Waals surface area contributed by atoms with Crippen LogP contribution in [0.2, 0.25) is 0 Å². The molecule has 0 bridgehead atoms. The van der Waals surface area contributed by atoms with Gasteiger partial charge in [0, 0.05) is 17.2 Å². The minimum absolute atomic E-state index is 0.0341. The summed E-state index contributed by atoms with van der Waals surface area (Å²) in [6.07, 6.45) is 3.03. The van der Waals surface area contributed by atoms with Crippen molar-refractivity contribution in [3.8, 4) is 0 Å². The van der Waals surface area contributed by atoms with Gasteiger partial charge in [-0.15, -0.1) is 0 Å². The van der Waals surface area contributed by atoms with Gasteiger partial charge in [0.15, 0.2) is 0 Å². The lowest BCUT2D eigenvalue weighted by Crippen LogP contribution is -2.41. The van der Waals surface area contributed by atoms with Crippen LogP contribution >= 0.6 is 0 Å². The summed E-state index contributed by atoms with van der Waals surface area (Å²) >= 11 is 0. The number of amides is 1. The van der Waals surface area contributed by atoms with Crippen molar-refractivity contribution in [2.75, 3.05) is 5.32 Å². The van der Waals surface area contributed by atoms with Crippen LogP contribution in [0.1, 0.15) is 36.5 Å². The molecule has 0 unspecified atom stereocenters. The molecule has 1 aliphatic rings. The summed E-state index contributed by atoms with van der Waals surface area (Å²) in [5.74, 6) is -0.591. The zero-order valence-corrected chi connectivity index (χ0v) is 10.1. The molecule has 0 saturated heterocycles. The number of benzene rings is 1. The molecule has 1 saturated carbocycles. The number of hydrogen-bond donors (Lipinski definition) is 2. The maximum Gasteiger partial charge on any atom is 0.292 e. The number of nitro groups is 1. The monoisotopic (exact) mass is 249 g/mol. The van der Waals surface area contributed by atoms with E-state index in [1.54, 1.807) is 0 Å². The summed E-state index contributed by atoms with van der Waals surface area (Å²) in [6.45, 7) is 2.01. The first kappa shape index (κ1) is 12.3. The van der Waals surface area contributed by atoms with Crippen LogP contribution in [0.15, 0.2) is 18.2 Å². The minimum atomic E-state index is -0.591. The van der Waals surface area contributed by atoms with Gasteiger partial charge in [0.2, 0.25) is 5.91 Å². The summed E-state index contributed by atoms with van der Waals surface area (Å²) in [4.78, 5) is 21.6. The van der Waals surface area contributed by atoms with Crippen LogP contribution in [-0.2, 0) is 0 Å². The highest BCUT2D eigenvalue weighted by Crippen LogP contribution is 2.37. The van der Waals surface area contributed by atoms with Crippen LogP contribution in [0.25, 0.3) is 0 Å². The number of carbonyl (C=O) groups excluding carboxylic acids is 1. The molecule has 0 atom stereocenters. The average Bonchev–Trinajstić information content (AvgIpc) is 2.26. The number of nitrogens with two attached hydrogens (primary N) is 1. The third-order valence-corrected chi connectivity index (χ3v) is 3.37. The van der Waals surface area contributed by atoms with Gasteiger partial charge >= 0.3 is 0 Å². The first-order chi connectivity index (χ1) is 8.41.